The van der Waals surface area contributed by atoms with Gasteiger partial charge in [-0.3, -0.25) is 0 Å². The molecule has 0 N–H and O–H groups in total. The lowest BCUT2D eigenvalue weighted by Gasteiger charge is -2.00. The van der Waals surface area contributed by atoms with Crippen molar-refractivity contribution in [3.05, 3.63) is 42.1 Å². The molecule has 0 spiro atoms. The van der Waals surface area contributed by atoms with Gasteiger partial charge in [0.25, 0.3) is 0 Å². The number of hydrogen-bond donors (Lipinski definition) is 0. The van der Waals surface area contributed by atoms with Crippen LogP contribution in [0, 0.1) is 6.92 Å². The highest BCUT2D eigenvalue weighted by atomic mass is 19.5. The fourth-order valence-electron chi connectivity index (χ4n) is 1.71. The number of aromatic nitrogens is 1. The third kappa shape index (κ3) is 4.35. The number of hydrogen-bond acceptors (Lipinski definition) is 0. The predicted molar refractivity (Wildman–Crippen MR) is 64.7 cm³/mol. The third-order valence-electron chi connectivity index (χ3n) is 2.48. The normalized spacial score (nSPS) is 11.0. The molecule has 0 atom stereocenters. The number of rotatable bonds is 1. The minimum atomic E-state index is -6.00. The van der Waals surface area contributed by atoms with Crippen molar-refractivity contribution >= 4 is 18.2 Å². The average Bonchev–Trinajstić information content (AvgIpc) is 2.28. The van der Waals surface area contributed by atoms with E-state index in [2.05, 4.69) is 54.9 Å². The molecule has 0 bridgehead atoms. The Balaban J connectivity index is 0.000000280. The number of aryl methyl sites for hydroxylation is 2. The summed E-state index contributed by atoms with van der Waals surface area (Å²) in [5.74, 6) is 0. The largest absolute Gasteiger partial charge is 0.673 e. The van der Waals surface area contributed by atoms with Crippen LogP contribution in [0.1, 0.15) is 12.5 Å². The fourth-order valence-corrected chi connectivity index (χ4v) is 1.71. The molecule has 0 fully saturated rings. The van der Waals surface area contributed by atoms with Crippen LogP contribution >= 0.6 is 0 Å². The highest BCUT2D eigenvalue weighted by molar-refractivity contribution is 6.50. The molecular weight excluding hydrogens is 245 g/mol. The maximum atomic E-state index is 9.75. The third-order valence-corrected chi connectivity index (χ3v) is 2.48. The highest BCUT2D eigenvalue weighted by Crippen LogP contribution is 2.13. The summed E-state index contributed by atoms with van der Waals surface area (Å²) in [7, 11) is -6.00. The first-order chi connectivity index (χ1) is 8.33. The van der Waals surface area contributed by atoms with Crippen LogP contribution in [-0.2, 0) is 6.54 Å². The lowest BCUT2D eigenvalue weighted by Crippen LogP contribution is -2.32. The molecule has 6 heteroatoms. The van der Waals surface area contributed by atoms with E-state index in [1.54, 1.807) is 0 Å². The molecule has 0 saturated carbocycles. The molecule has 0 radical (unpaired) electrons. The van der Waals surface area contributed by atoms with Gasteiger partial charge in [-0.25, -0.2) is 0 Å². The first-order valence-electron chi connectivity index (χ1n) is 5.58. The van der Waals surface area contributed by atoms with E-state index in [0.29, 0.717) is 0 Å². The molecule has 18 heavy (non-hydrogen) atoms. The topological polar surface area (TPSA) is 3.88 Å². The molecule has 2 rings (SSSR count). The van der Waals surface area contributed by atoms with Crippen molar-refractivity contribution in [3.8, 4) is 0 Å². The molecule has 0 unspecified atom stereocenters. The summed E-state index contributed by atoms with van der Waals surface area (Å²) in [6.45, 7) is 5.35. The molecule has 2 aromatic rings. The Morgan fingerprint density at radius 3 is 2.17 bits per heavy atom. The van der Waals surface area contributed by atoms with Crippen molar-refractivity contribution in [2.24, 2.45) is 0 Å². The standard InChI is InChI=1S/C12H14N.BF4/c1-3-13-9-8-10(2)11-6-4-5-7-12(11)13;2-1(3,4)5/h4-9H,3H2,1-2H3;/q+1;-1. The van der Waals surface area contributed by atoms with Gasteiger partial charge in [-0.05, 0) is 25.5 Å². The minimum absolute atomic E-state index is 1.03. The Hall–Kier alpha value is -1.59. The van der Waals surface area contributed by atoms with Crippen molar-refractivity contribution in [2.75, 3.05) is 0 Å². The lowest BCUT2D eigenvalue weighted by atomic mass is 10.1. The number of nitrogens with zero attached hydrogens (tertiary/aromatic N) is 1. The van der Waals surface area contributed by atoms with Gasteiger partial charge in [0.1, 0.15) is 6.54 Å². The van der Waals surface area contributed by atoms with Gasteiger partial charge in [0, 0.05) is 17.5 Å². The second-order valence-corrected chi connectivity index (χ2v) is 3.80. The maximum Gasteiger partial charge on any atom is 0.673 e. The smallest absolute Gasteiger partial charge is 0.418 e. The van der Waals surface area contributed by atoms with Crippen molar-refractivity contribution in [2.45, 2.75) is 20.4 Å². The zero-order valence-corrected chi connectivity index (χ0v) is 10.2. The Morgan fingerprint density at radius 1 is 1.06 bits per heavy atom. The van der Waals surface area contributed by atoms with Crippen molar-refractivity contribution in [1.29, 1.82) is 0 Å². The number of pyridine rings is 1. The van der Waals surface area contributed by atoms with Crippen LogP contribution in [0.15, 0.2) is 36.5 Å². The van der Waals surface area contributed by atoms with Crippen molar-refractivity contribution in [3.63, 3.8) is 0 Å². The molecular formula is C12H14BF4N. The fraction of sp³-hybridized carbons (Fsp3) is 0.250. The molecule has 0 aliphatic rings. The second kappa shape index (κ2) is 5.84. The second-order valence-electron chi connectivity index (χ2n) is 3.80. The molecule has 1 aromatic carbocycles. The monoisotopic (exact) mass is 259 g/mol. The molecule has 0 aliphatic carbocycles. The molecule has 0 amide bonds. The molecule has 1 aromatic heterocycles. The summed E-state index contributed by atoms with van der Waals surface area (Å²) in [5, 5.41) is 1.35. The van der Waals surface area contributed by atoms with Gasteiger partial charge >= 0.3 is 7.25 Å². The van der Waals surface area contributed by atoms with E-state index in [0.717, 1.165) is 6.54 Å². The zero-order valence-electron chi connectivity index (χ0n) is 10.2. The maximum absolute atomic E-state index is 9.75. The quantitative estimate of drug-likeness (QED) is 0.417. The van der Waals surface area contributed by atoms with E-state index in [1.165, 1.54) is 16.5 Å². The van der Waals surface area contributed by atoms with E-state index >= 15 is 0 Å². The van der Waals surface area contributed by atoms with E-state index in [-0.39, 0.29) is 0 Å². The molecule has 1 heterocycles. The molecule has 0 aliphatic heterocycles. The minimum Gasteiger partial charge on any atom is -0.418 e. The predicted octanol–water partition coefficient (Wildman–Crippen LogP) is 3.76. The highest BCUT2D eigenvalue weighted by Gasteiger charge is 2.20. The molecule has 98 valence electrons. The van der Waals surface area contributed by atoms with E-state index < -0.39 is 7.25 Å². The first kappa shape index (κ1) is 14.5. The van der Waals surface area contributed by atoms with Crippen LogP contribution in [0.25, 0.3) is 10.9 Å². The summed E-state index contributed by atoms with van der Waals surface area (Å²) < 4.78 is 41.3. The number of fused-ring (bicyclic) bond motifs is 1. The summed E-state index contributed by atoms with van der Waals surface area (Å²) in [4.78, 5) is 0. The number of benzene rings is 1. The summed E-state index contributed by atoms with van der Waals surface area (Å²) >= 11 is 0. The van der Waals surface area contributed by atoms with E-state index in [4.69, 9.17) is 0 Å². The number of para-hydroxylation sites is 1. The Kier molecular flexibility index (Phi) is 4.70. The number of halogens is 4. The van der Waals surface area contributed by atoms with Crippen molar-refractivity contribution in [1.82, 2.24) is 0 Å². The average molecular weight is 259 g/mol. The Bertz CT molecular complexity index is 519. The molecule has 0 saturated heterocycles. The molecule has 1 nitrogen and oxygen atoms in total. The van der Waals surface area contributed by atoms with Gasteiger partial charge in [0.15, 0.2) is 6.20 Å². The van der Waals surface area contributed by atoms with Gasteiger partial charge in [-0.15, -0.1) is 0 Å². The summed E-state index contributed by atoms with van der Waals surface area (Å²) in [6, 6.07) is 10.7. The Labute approximate surface area is 103 Å². The van der Waals surface area contributed by atoms with Crippen LogP contribution in [0.3, 0.4) is 0 Å². The van der Waals surface area contributed by atoms with Crippen LogP contribution in [0.2, 0.25) is 0 Å². The SMILES string of the molecule is CC[n+]1ccc(C)c2ccccc21.F[B-](F)(F)F. The first-order valence-corrected chi connectivity index (χ1v) is 5.58. The van der Waals surface area contributed by atoms with Gasteiger partial charge in [0.2, 0.25) is 5.52 Å². The Morgan fingerprint density at radius 2 is 1.61 bits per heavy atom. The lowest BCUT2D eigenvalue weighted by molar-refractivity contribution is -0.667. The van der Waals surface area contributed by atoms with Crippen LogP contribution in [-0.4, -0.2) is 7.25 Å². The van der Waals surface area contributed by atoms with Gasteiger partial charge in [0.05, 0.1) is 0 Å². The summed E-state index contributed by atoms with van der Waals surface area (Å²) in [5.41, 5.74) is 2.67. The zero-order chi connectivity index (χ0) is 13.8. The van der Waals surface area contributed by atoms with Gasteiger partial charge < -0.3 is 17.3 Å². The van der Waals surface area contributed by atoms with Gasteiger partial charge in [-0.2, -0.15) is 4.57 Å². The summed E-state index contributed by atoms with van der Waals surface area (Å²) in [6.07, 6.45) is 2.15. The van der Waals surface area contributed by atoms with Gasteiger partial charge in [-0.1, -0.05) is 12.1 Å². The van der Waals surface area contributed by atoms with Crippen LogP contribution in [0.4, 0.5) is 17.3 Å². The van der Waals surface area contributed by atoms with Crippen LogP contribution in [0.5, 0.6) is 0 Å². The van der Waals surface area contributed by atoms with Crippen molar-refractivity contribution < 1.29 is 21.8 Å². The van der Waals surface area contributed by atoms with Crippen LogP contribution < -0.4 is 4.57 Å². The van der Waals surface area contributed by atoms with E-state index in [9.17, 15) is 17.3 Å². The van der Waals surface area contributed by atoms with E-state index in [1.807, 2.05) is 0 Å².